The molecule has 7 heteroatoms. The minimum Gasteiger partial charge on any atom is -0.398 e. The summed E-state index contributed by atoms with van der Waals surface area (Å²) in [6.45, 7) is 0. The molecule has 5 nitrogen and oxygen atoms in total. The molecule has 0 radical (unpaired) electrons. The summed E-state index contributed by atoms with van der Waals surface area (Å²) in [6.07, 6.45) is 3.54. The van der Waals surface area contributed by atoms with Crippen LogP contribution in [-0.4, -0.2) is 17.8 Å². The maximum Gasteiger partial charge on any atom is 0.186 e. The average molecular weight is 366 g/mol. The first-order chi connectivity index (χ1) is 9.95. The number of anilines is 1. The van der Waals surface area contributed by atoms with Crippen molar-refractivity contribution in [3.8, 4) is 0 Å². The summed E-state index contributed by atoms with van der Waals surface area (Å²) in [6, 6.07) is 10.3. The number of halogens is 1. The standard InChI is InChI=1S/C14H12BrN3O2S/c15-10-4-5-13(12(16)7-10)21(19,20)9-11-8-18-6-2-1-3-14(18)17-11/h1-8H,9,16H2. The number of fused-ring (bicyclic) bond motifs is 1. The Labute approximate surface area is 130 Å². The van der Waals surface area contributed by atoms with Crippen LogP contribution < -0.4 is 5.73 Å². The van der Waals surface area contributed by atoms with Crippen molar-refractivity contribution in [1.29, 1.82) is 0 Å². The van der Waals surface area contributed by atoms with Gasteiger partial charge in [0.1, 0.15) is 5.65 Å². The van der Waals surface area contributed by atoms with Gasteiger partial charge in [0, 0.05) is 16.9 Å². The first-order valence-electron chi connectivity index (χ1n) is 6.16. The van der Waals surface area contributed by atoms with Crippen molar-refractivity contribution in [2.45, 2.75) is 10.6 Å². The predicted octanol–water partition coefficient (Wildman–Crippen LogP) is 2.65. The number of pyridine rings is 1. The second-order valence-electron chi connectivity index (χ2n) is 4.64. The first kappa shape index (κ1) is 14.1. The third-order valence-corrected chi connectivity index (χ3v) is 5.27. The zero-order valence-corrected chi connectivity index (χ0v) is 13.3. The van der Waals surface area contributed by atoms with E-state index in [1.54, 1.807) is 22.7 Å². The minimum atomic E-state index is -3.53. The highest BCUT2D eigenvalue weighted by Crippen LogP contribution is 2.25. The smallest absolute Gasteiger partial charge is 0.186 e. The van der Waals surface area contributed by atoms with Crippen LogP contribution in [0, 0.1) is 0 Å². The van der Waals surface area contributed by atoms with Crippen molar-refractivity contribution in [1.82, 2.24) is 9.38 Å². The zero-order chi connectivity index (χ0) is 15.0. The molecule has 2 heterocycles. The number of hydrogen-bond donors (Lipinski definition) is 1. The Morgan fingerprint density at radius 2 is 2.05 bits per heavy atom. The minimum absolute atomic E-state index is 0.128. The summed E-state index contributed by atoms with van der Waals surface area (Å²) in [5.41, 5.74) is 7.23. The number of nitrogens with zero attached hydrogens (tertiary/aromatic N) is 2. The highest BCUT2D eigenvalue weighted by Gasteiger charge is 2.20. The fourth-order valence-electron chi connectivity index (χ4n) is 2.13. The molecule has 0 aliphatic heterocycles. The van der Waals surface area contributed by atoms with E-state index in [-0.39, 0.29) is 16.3 Å². The molecule has 1 aromatic carbocycles. The summed E-state index contributed by atoms with van der Waals surface area (Å²) < 4.78 is 27.5. The highest BCUT2D eigenvalue weighted by atomic mass is 79.9. The number of nitrogen functional groups attached to an aromatic ring is 1. The molecule has 21 heavy (non-hydrogen) atoms. The van der Waals surface area contributed by atoms with Crippen LogP contribution in [0.4, 0.5) is 5.69 Å². The van der Waals surface area contributed by atoms with Crippen LogP contribution in [0.1, 0.15) is 5.69 Å². The number of benzene rings is 1. The van der Waals surface area contributed by atoms with Gasteiger partial charge in [0.05, 0.1) is 22.0 Å². The Kier molecular flexibility index (Phi) is 3.46. The first-order valence-corrected chi connectivity index (χ1v) is 8.61. The summed E-state index contributed by atoms with van der Waals surface area (Å²) in [4.78, 5) is 4.43. The second kappa shape index (κ2) is 5.16. The average Bonchev–Trinajstić information content (AvgIpc) is 2.79. The molecule has 0 aliphatic rings. The van der Waals surface area contributed by atoms with Gasteiger partial charge in [-0.15, -0.1) is 0 Å². The maximum absolute atomic E-state index is 12.5. The molecule has 0 unspecified atom stereocenters. The number of rotatable bonds is 3. The largest absolute Gasteiger partial charge is 0.398 e. The number of nitrogens with two attached hydrogens (primary N) is 1. The molecule has 0 fully saturated rings. The van der Waals surface area contributed by atoms with E-state index in [1.165, 1.54) is 6.07 Å². The van der Waals surface area contributed by atoms with Gasteiger partial charge in [-0.3, -0.25) is 0 Å². The van der Waals surface area contributed by atoms with Crippen LogP contribution in [0.2, 0.25) is 0 Å². The topological polar surface area (TPSA) is 77.5 Å². The molecule has 0 atom stereocenters. The van der Waals surface area contributed by atoms with E-state index < -0.39 is 9.84 Å². The lowest BCUT2D eigenvalue weighted by Crippen LogP contribution is -2.08. The van der Waals surface area contributed by atoms with Crippen LogP contribution in [0.15, 0.2) is 58.2 Å². The number of sulfone groups is 1. The molecule has 0 bridgehead atoms. The fourth-order valence-corrected chi connectivity index (χ4v) is 3.89. The van der Waals surface area contributed by atoms with E-state index in [0.717, 1.165) is 4.47 Å². The lowest BCUT2D eigenvalue weighted by Gasteiger charge is -2.06. The Hall–Kier alpha value is -1.86. The van der Waals surface area contributed by atoms with Crippen LogP contribution in [0.25, 0.3) is 5.65 Å². The van der Waals surface area contributed by atoms with Crippen molar-refractivity contribution >= 4 is 37.1 Å². The van der Waals surface area contributed by atoms with Crippen molar-refractivity contribution < 1.29 is 8.42 Å². The summed E-state index contributed by atoms with van der Waals surface area (Å²) in [7, 11) is -3.53. The van der Waals surface area contributed by atoms with Crippen LogP contribution >= 0.6 is 15.9 Å². The van der Waals surface area contributed by atoms with E-state index in [1.807, 2.05) is 24.4 Å². The quantitative estimate of drug-likeness (QED) is 0.723. The van der Waals surface area contributed by atoms with Crippen LogP contribution in [0.3, 0.4) is 0 Å². The van der Waals surface area contributed by atoms with E-state index in [4.69, 9.17) is 5.73 Å². The van der Waals surface area contributed by atoms with Gasteiger partial charge in [0.2, 0.25) is 0 Å². The maximum atomic E-state index is 12.5. The molecule has 0 amide bonds. The Bertz CT molecular complexity index is 886. The molecule has 0 aliphatic carbocycles. The molecule has 2 N–H and O–H groups in total. The van der Waals surface area contributed by atoms with Gasteiger partial charge >= 0.3 is 0 Å². The van der Waals surface area contributed by atoms with Gasteiger partial charge in [0.25, 0.3) is 0 Å². The Balaban J connectivity index is 1.99. The molecule has 0 saturated heterocycles. The molecule has 0 saturated carbocycles. The number of aromatic nitrogens is 2. The van der Waals surface area contributed by atoms with Crippen LogP contribution in [0.5, 0.6) is 0 Å². The van der Waals surface area contributed by atoms with Gasteiger partial charge in [-0.05, 0) is 30.3 Å². The third-order valence-electron chi connectivity index (χ3n) is 3.06. The lowest BCUT2D eigenvalue weighted by molar-refractivity contribution is 0.595. The number of imidazole rings is 1. The molecule has 3 rings (SSSR count). The molecule has 0 spiro atoms. The lowest BCUT2D eigenvalue weighted by atomic mass is 10.3. The van der Waals surface area contributed by atoms with Gasteiger partial charge in [-0.1, -0.05) is 22.0 Å². The predicted molar refractivity (Wildman–Crippen MR) is 84.6 cm³/mol. The second-order valence-corrected chi connectivity index (χ2v) is 7.51. The normalized spacial score (nSPS) is 11.9. The van der Waals surface area contributed by atoms with Crippen molar-refractivity contribution in [2.75, 3.05) is 5.73 Å². The van der Waals surface area contributed by atoms with Gasteiger partial charge in [-0.2, -0.15) is 0 Å². The highest BCUT2D eigenvalue weighted by molar-refractivity contribution is 9.10. The van der Waals surface area contributed by atoms with Gasteiger partial charge in [-0.25, -0.2) is 13.4 Å². The molecular weight excluding hydrogens is 354 g/mol. The third kappa shape index (κ3) is 2.79. The Morgan fingerprint density at radius 1 is 1.24 bits per heavy atom. The zero-order valence-electron chi connectivity index (χ0n) is 10.9. The fraction of sp³-hybridized carbons (Fsp3) is 0.0714. The Morgan fingerprint density at radius 3 is 2.76 bits per heavy atom. The van der Waals surface area contributed by atoms with E-state index in [9.17, 15) is 8.42 Å². The van der Waals surface area contributed by atoms with Gasteiger partial charge in [0.15, 0.2) is 9.84 Å². The molecule has 108 valence electrons. The monoisotopic (exact) mass is 365 g/mol. The van der Waals surface area contributed by atoms with Crippen molar-refractivity contribution in [3.63, 3.8) is 0 Å². The molecule has 3 aromatic rings. The summed E-state index contributed by atoms with van der Waals surface area (Å²) in [5, 5.41) is 0. The number of hydrogen-bond acceptors (Lipinski definition) is 4. The van der Waals surface area contributed by atoms with Crippen molar-refractivity contribution in [2.24, 2.45) is 0 Å². The SMILES string of the molecule is Nc1cc(Br)ccc1S(=O)(=O)Cc1cn2ccccc2n1. The van der Waals surface area contributed by atoms with E-state index in [2.05, 4.69) is 20.9 Å². The molecular formula is C14H12BrN3O2S. The van der Waals surface area contributed by atoms with Crippen LogP contribution in [-0.2, 0) is 15.6 Å². The van der Waals surface area contributed by atoms with E-state index in [0.29, 0.717) is 11.3 Å². The summed E-state index contributed by atoms with van der Waals surface area (Å²) in [5.74, 6) is -0.180. The van der Waals surface area contributed by atoms with E-state index >= 15 is 0 Å². The van der Waals surface area contributed by atoms with Gasteiger partial charge < -0.3 is 10.1 Å². The molecule has 2 aromatic heterocycles. The summed E-state index contributed by atoms with van der Waals surface area (Å²) >= 11 is 3.26. The van der Waals surface area contributed by atoms with Crippen molar-refractivity contribution in [3.05, 3.63) is 59.0 Å².